The van der Waals surface area contributed by atoms with E-state index < -0.39 is 5.97 Å². The summed E-state index contributed by atoms with van der Waals surface area (Å²) in [6.45, 7) is 1.84. The van der Waals surface area contributed by atoms with Gasteiger partial charge >= 0.3 is 5.97 Å². The van der Waals surface area contributed by atoms with Crippen molar-refractivity contribution in [3.8, 4) is 0 Å². The van der Waals surface area contributed by atoms with E-state index in [1.165, 1.54) is 7.11 Å². The van der Waals surface area contributed by atoms with E-state index in [2.05, 4.69) is 25.2 Å². The summed E-state index contributed by atoms with van der Waals surface area (Å²) in [5.41, 5.74) is 0.214. The van der Waals surface area contributed by atoms with Crippen LogP contribution in [0.5, 0.6) is 0 Å². The first-order valence-electron chi connectivity index (χ1n) is 5.44. The first-order chi connectivity index (χ1) is 8.13. The molecule has 0 fully saturated rings. The van der Waals surface area contributed by atoms with E-state index >= 15 is 0 Å². The summed E-state index contributed by atoms with van der Waals surface area (Å²) >= 11 is 0. The van der Waals surface area contributed by atoms with E-state index in [9.17, 15) is 4.79 Å². The second-order valence-electron chi connectivity index (χ2n) is 3.88. The van der Waals surface area contributed by atoms with E-state index in [0.29, 0.717) is 5.82 Å². The van der Waals surface area contributed by atoms with Crippen LogP contribution in [0.4, 0.5) is 5.82 Å². The van der Waals surface area contributed by atoms with Crippen molar-refractivity contribution in [3.05, 3.63) is 17.8 Å². The van der Waals surface area contributed by atoms with Gasteiger partial charge in [-0.1, -0.05) is 0 Å². The molecule has 1 aromatic rings. The molecule has 17 heavy (non-hydrogen) atoms. The molecule has 0 saturated heterocycles. The number of nitrogens with zero attached hydrogens (tertiary/aromatic N) is 3. The Morgan fingerprint density at radius 1 is 1.41 bits per heavy atom. The molecule has 1 N–H and O–H groups in total. The van der Waals surface area contributed by atoms with Crippen molar-refractivity contribution in [2.75, 3.05) is 39.6 Å². The lowest BCUT2D eigenvalue weighted by molar-refractivity contribution is 0.0593. The summed E-state index contributed by atoms with van der Waals surface area (Å²) in [6.07, 6.45) is 1.02. The van der Waals surface area contributed by atoms with Gasteiger partial charge in [-0.05, 0) is 39.2 Å². The highest BCUT2D eigenvalue weighted by molar-refractivity contribution is 5.86. The Morgan fingerprint density at radius 2 is 2.18 bits per heavy atom. The Morgan fingerprint density at radius 3 is 2.71 bits per heavy atom. The van der Waals surface area contributed by atoms with E-state index in [-0.39, 0.29) is 5.69 Å². The summed E-state index contributed by atoms with van der Waals surface area (Å²) in [7, 11) is 5.38. The molecule has 0 unspecified atom stereocenters. The van der Waals surface area contributed by atoms with E-state index in [0.717, 1.165) is 19.5 Å². The third-order valence-electron chi connectivity index (χ3n) is 2.15. The number of esters is 1. The van der Waals surface area contributed by atoms with E-state index in [4.69, 9.17) is 0 Å². The zero-order valence-electron chi connectivity index (χ0n) is 10.4. The molecule has 1 aromatic heterocycles. The molecule has 94 valence electrons. The van der Waals surface area contributed by atoms with Crippen LogP contribution in [0, 0.1) is 0 Å². The zero-order chi connectivity index (χ0) is 12.7. The number of rotatable bonds is 6. The summed E-state index contributed by atoms with van der Waals surface area (Å²) in [6, 6.07) is 3.31. The molecule has 0 spiro atoms. The molecule has 0 aliphatic heterocycles. The number of hydrogen-bond acceptors (Lipinski definition) is 6. The van der Waals surface area contributed by atoms with Crippen LogP contribution in [0.2, 0.25) is 0 Å². The first-order valence-corrected chi connectivity index (χ1v) is 5.44. The minimum absolute atomic E-state index is 0.214. The van der Waals surface area contributed by atoms with Gasteiger partial charge in [0.1, 0.15) is 5.82 Å². The van der Waals surface area contributed by atoms with Gasteiger partial charge in [0.25, 0.3) is 0 Å². The average Bonchev–Trinajstić information content (AvgIpc) is 2.34. The largest absolute Gasteiger partial charge is 0.464 e. The van der Waals surface area contributed by atoms with Crippen molar-refractivity contribution in [1.29, 1.82) is 0 Å². The van der Waals surface area contributed by atoms with E-state index in [1.807, 2.05) is 14.1 Å². The SMILES string of the molecule is COC(=O)c1ccc(NCCCN(C)C)nn1. The molecule has 0 atom stereocenters. The molecule has 0 amide bonds. The summed E-state index contributed by atoms with van der Waals surface area (Å²) in [5.74, 6) is 0.188. The van der Waals surface area contributed by atoms with Gasteiger partial charge in [-0.2, -0.15) is 0 Å². The Balaban J connectivity index is 2.38. The van der Waals surface area contributed by atoms with Crippen molar-refractivity contribution in [3.63, 3.8) is 0 Å². The number of ether oxygens (including phenoxy) is 1. The fourth-order valence-corrected chi connectivity index (χ4v) is 1.25. The van der Waals surface area contributed by atoms with Crippen molar-refractivity contribution >= 4 is 11.8 Å². The maximum Gasteiger partial charge on any atom is 0.358 e. The molecule has 0 aliphatic rings. The molecular formula is C11H18N4O2. The third-order valence-corrected chi connectivity index (χ3v) is 2.15. The summed E-state index contributed by atoms with van der Waals surface area (Å²) in [4.78, 5) is 13.2. The van der Waals surface area contributed by atoms with Crippen molar-refractivity contribution < 1.29 is 9.53 Å². The fraction of sp³-hybridized carbons (Fsp3) is 0.545. The van der Waals surface area contributed by atoms with Gasteiger partial charge in [0.15, 0.2) is 5.69 Å². The molecule has 0 bridgehead atoms. The van der Waals surface area contributed by atoms with Crippen LogP contribution in [-0.2, 0) is 4.74 Å². The van der Waals surface area contributed by atoms with Crippen LogP contribution in [0.25, 0.3) is 0 Å². The minimum atomic E-state index is -0.475. The molecule has 1 heterocycles. The minimum Gasteiger partial charge on any atom is -0.464 e. The zero-order valence-corrected chi connectivity index (χ0v) is 10.4. The monoisotopic (exact) mass is 238 g/mol. The van der Waals surface area contributed by atoms with Crippen molar-refractivity contribution in [2.24, 2.45) is 0 Å². The standard InChI is InChI=1S/C11H18N4O2/c1-15(2)8-4-7-12-10-6-5-9(13-14-10)11(16)17-3/h5-6H,4,7-8H2,1-3H3,(H,12,14). The summed E-state index contributed by atoms with van der Waals surface area (Å²) < 4.78 is 4.53. The Bertz CT molecular complexity index is 351. The lowest BCUT2D eigenvalue weighted by Crippen LogP contribution is -2.17. The second-order valence-corrected chi connectivity index (χ2v) is 3.88. The van der Waals surface area contributed by atoms with Gasteiger partial charge in [0.05, 0.1) is 7.11 Å². The first kappa shape index (κ1) is 13.4. The molecule has 0 radical (unpaired) electrons. The van der Waals surface area contributed by atoms with Gasteiger partial charge in [0, 0.05) is 6.54 Å². The molecule has 0 aliphatic carbocycles. The number of carbonyl (C=O) groups is 1. The highest BCUT2D eigenvalue weighted by Crippen LogP contribution is 2.02. The highest BCUT2D eigenvalue weighted by atomic mass is 16.5. The van der Waals surface area contributed by atoms with Gasteiger partial charge in [-0.3, -0.25) is 0 Å². The van der Waals surface area contributed by atoms with Gasteiger partial charge < -0.3 is 15.0 Å². The third kappa shape index (κ3) is 4.78. The van der Waals surface area contributed by atoms with Crippen molar-refractivity contribution in [2.45, 2.75) is 6.42 Å². The lowest BCUT2D eigenvalue weighted by atomic mass is 10.3. The second kappa shape index (κ2) is 6.80. The van der Waals surface area contributed by atoms with E-state index in [1.54, 1.807) is 12.1 Å². The Labute approximate surface area is 101 Å². The van der Waals surface area contributed by atoms with Crippen molar-refractivity contribution in [1.82, 2.24) is 15.1 Å². The molecule has 0 saturated carbocycles. The van der Waals surface area contributed by atoms with Gasteiger partial charge in [-0.15, -0.1) is 10.2 Å². The van der Waals surface area contributed by atoms with Crippen LogP contribution < -0.4 is 5.32 Å². The van der Waals surface area contributed by atoms with Gasteiger partial charge in [0.2, 0.25) is 0 Å². The van der Waals surface area contributed by atoms with Crippen LogP contribution >= 0.6 is 0 Å². The lowest BCUT2D eigenvalue weighted by Gasteiger charge is -2.09. The Hall–Kier alpha value is -1.69. The molecule has 6 nitrogen and oxygen atoms in total. The van der Waals surface area contributed by atoms with Crippen LogP contribution in [0.1, 0.15) is 16.9 Å². The van der Waals surface area contributed by atoms with Crippen LogP contribution in [0.3, 0.4) is 0 Å². The van der Waals surface area contributed by atoms with Crippen LogP contribution in [-0.4, -0.2) is 55.4 Å². The normalized spacial score (nSPS) is 10.4. The number of carbonyl (C=O) groups excluding carboxylic acids is 1. The number of nitrogens with one attached hydrogen (secondary N) is 1. The maximum atomic E-state index is 11.1. The number of anilines is 1. The summed E-state index contributed by atoms with van der Waals surface area (Å²) in [5, 5.41) is 10.8. The molecule has 1 rings (SSSR count). The topological polar surface area (TPSA) is 67.3 Å². The predicted octanol–water partition coefficient (Wildman–Crippen LogP) is 0.627. The molecular weight excluding hydrogens is 220 g/mol. The number of methoxy groups -OCH3 is 1. The predicted molar refractivity (Wildman–Crippen MR) is 65.0 cm³/mol. The number of aromatic nitrogens is 2. The van der Waals surface area contributed by atoms with Gasteiger partial charge in [-0.25, -0.2) is 4.79 Å². The maximum absolute atomic E-state index is 11.1. The smallest absolute Gasteiger partial charge is 0.358 e. The van der Waals surface area contributed by atoms with Crippen LogP contribution in [0.15, 0.2) is 12.1 Å². The fourth-order valence-electron chi connectivity index (χ4n) is 1.25. The molecule has 6 heteroatoms. The molecule has 0 aromatic carbocycles. The Kier molecular flexibility index (Phi) is 5.35. The highest BCUT2D eigenvalue weighted by Gasteiger charge is 2.06. The number of hydrogen-bond donors (Lipinski definition) is 1. The average molecular weight is 238 g/mol. The quantitative estimate of drug-likeness (QED) is 0.579.